The number of carbonyl (C=O) groups excluding carboxylic acids is 1. The molecule has 30 heavy (non-hydrogen) atoms. The minimum Gasteiger partial charge on any atom is -0.496 e. The Balaban J connectivity index is 2.16. The number of amides is 1. The molecule has 1 amide bonds. The molecule has 1 aromatic carbocycles. The third-order valence-corrected chi connectivity index (χ3v) is 4.72. The Morgan fingerprint density at radius 2 is 2.00 bits per heavy atom. The summed E-state index contributed by atoms with van der Waals surface area (Å²) in [7, 11) is 1.52. The van der Waals surface area contributed by atoms with Crippen molar-refractivity contribution < 1.29 is 13.9 Å². The number of aromatic amines is 1. The lowest BCUT2D eigenvalue weighted by Gasteiger charge is -2.24. The number of ether oxygens (including phenoxy) is 1. The lowest BCUT2D eigenvalue weighted by Crippen LogP contribution is -2.41. The summed E-state index contributed by atoms with van der Waals surface area (Å²) in [5, 5.41) is 0. The highest BCUT2D eigenvalue weighted by atomic mass is 16.5. The molecule has 0 saturated carbocycles. The second kappa shape index (κ2) is 9.17. The van der Waals surface area contributed by atoms with Gasteiger partial charge in [0.15, 0.2) is 11.4 Å². The van der Waals surface area contributed by atoms with Gasteiger partial charge < -0.3 is 14.9 Å². The number of H-pyrrole nitrogens is 1. The highest BCUT2D eigenvalue weighted by Crippen LogP contribution is 2.26. The molecule has 0 saturated heterocycles. The Bertz CT molecular complexity index is 1130. The summed E-state index contributed by atoms with van der Waals surface area (Å²) in [6.07, 6.45) is 2.88. The normalized spacial score (nSPS) is 10.7. The first-order chi connectivity index (χ1) is 14.5. The van der Waals surface area contributed by atoms with Gasteiger partial charge in [0, 0.05) is 12.1 Å². The molecule has 0 bridgehead atoms. The minimum absolute atomic E-state index is 0.0111. The average molecular weight is 412 g/mol. The van der Waals surface area contributed by atoms with Crippen LogP contribution in [0.1, 0.15) is 35.9 Å². The van der Waals surface area contributed by atoms with Gasteiger partial charge in [-0.3, -0.25) is 24.0 Å². The van der Waals surface area contributed by atoms with Gasteiger partial charge in [0.05, 0.1) is 19.9 Å². The quantitative estimate of drug-likeness (QED) is 0.585. The predicted molar refractivity (Wildman–Crippen MR) is 113 cm³/mol. The zero-order valence-electron chi connectivity index (χ0n) is 16.9. The van der Waals surface area contributed by atoms with Gasteiger partial charge in [-0.15, -0.1) is 0 Å². The van der Waals surface area contributed by atoms with Crippen molar-refractivity contribution in [2.45, 2.75) is 32.9 Å². The summed E-state index contributed by atoms with van der Waals surface area (Å²) in [6, 6.07) is 10.2. The van der Waals surface area contributed by atoms with Gasteiger partial charge in [-0.05, 0) is 24.6 Å². The van der Waals surface area contributed by atoms with E-state index in [-0.39, 0.29) is 23.8 Å². The molecule has 0 aliphatic rings. The number of rotatable bonds is 8. The molecular weight excluding hydrogens is 388 g/mol. The van der Waals surface area contributed by atoms with Crippen molar-refractivity contribution in [3.8, 4) is 5.75 Å². The molecule has 0 aliphatic carbocycles. The maximum Gasteiger partial charge on any atom is 0.330 e. The fraction of sp³-hybridized carbons (Fsp3) is 0.286. The van der Waals surface area contributed by atoms with Gasteiger partial charge in [-0.1, -0.05) is 31.5 Å². The molecule has 0 radical (unpaired) electrons. The number of methoxy groups -OCH3 is 1. The van der Waals surface area contributed by atoms with E-state index in [2.05, 4.69) is 4.98 Å². The summed E-state index contributed by atoms with van der Waals surface area (Å²) >= 11 is 0. The van der Waals surface area contributed by atoms with Crippen LogP contribution in [0.2, 0.25) is 0 Å². The predicted octanol–water partition coefficient (Wildman–Crippen LogP) is 2.37. The second-order valence-corrected chi connectivity index (χ2v) is 6.68. The van der Waals surface area contributed by atoms with Gasteiger partial charge in [0.25, 0.3) is 11.5 Å². The fourth-order valence-corrected chi connectivity index (χ4v) is 3.17. The Morgan fingerprint density at radius 1 is 1.23 bits per heavy atom. The van der Waals surface area contributed by atoms with Crippen LogP contribution in [0, 0.1) is 0 Å². The van der Waals surface area contributed by atoms with Crippen molar-refractivity contribution >= 4 is 17.4 Å². The molecule has 0 aliphatic heterocycles. The largest absolute Gasteiger partial charge is 0.496 e. The van der Waals surface area contributed by atoms with E-state index in [1.165, 1.54) is 28.9 Å². The van der Waals surface area contributed by atoms with Crippen LogP contribution in [0.3, 0.4) is 0 Å². The number of nitrogens with one attached hydrogen (secondary N) is 1. The lowest BCUT2D eigenvalue weighted by atomic mass is 10.1. The van der Waals surface area contributed by atoms with E-state index < -0.39 is 17.2 Å². The van der Waals surface area contributed by atoms with Crippen LogP contribution in [-0.2, 0) is 13.1 Å². The topological polar surface area (TPSA) is 124 Å². The molecule has 0 spiro atoms. The Hall–Kier alpha value is -3.75. The molecule has 158 valence electrons. The Labute approximate surface area is 172 Å². The molecule has 3 rings (SSSR count). The molecule has 0 atom stereocenters. The molecule has 2 aromatic heterocycles. The minimum atomic E-state index is -0.750. The first kappa shape index (κ1) is 21.0. The number of benzene rings is 1. The average Bonchev–Trinajstić information content (AvgIpc) is 3.27. The monoisotopic (exact) mass is 412 g/mol. The standard InChI is InChI=1S/C21H24N4O5/c1-3-4-11-24-18(22)17(19(26)23-21(24)28)25(20(27)16-10-7-12-30-16)13-14-8-5-6-9-15(14)29-2/h5-10,12H,3-4,11,13,22H2,1-2H3,(H,23,26,28). The molecule has 9 heteroatoms. The smallest absolute Gasteiger partial charge is 0.330 e. The number of furan rings is 1. The van der Waals surface area contributed by atoms with Gasteiger partial charge in [-0.2, -0.15) is 0 Å². The number of hydrogen-bond donors (Lipinski definition) is 2. The lowest BCUT2D eigenvalue weighted by molar-refractivity contribution is 0.0958. The number of aromatic nitrogens is 2. The van der Waals surface area contributed by atoms with Gasteiger partial charge >= 0.3 is 5.69 Å². The van der Waals surface area contributed by atoms with Crippen LogP contribution in [0.25, 0.3) is 0 Å². The molecule has 2 heterocycles. The maximum atomic E-state index is 13.2. The van der Waals surface area contributed by atoms with Crippen LogP contribution in [0.5, 0.6) is 5.75 Å². The Kier molecular flexibility index (Phi) is 6.41. The van der Waals surface area contributed by atoms with E-state index in [1.54, 1.807) is 30.3 Å². The SMILES string of the molecule is CCCCn1c(N)c(N(Cc2ccccc2OC)C(=O)c2ccco2)c(=O)[nH]c1=O. The summed E-state index contributed by atoms with van der Waals surface area (Å²) in [6.45, 7) is 2.29. The molecular formula is C21H24N4O5. The molecule has 3 N–H and O–H groups in total. The van der Waals surface area contributed by atoms with Crippen LogP contribution in [-0.4, -0.2) is 22.6 Å². The number of unbranched alkanes of at least 4 members (excludes halogenated alkanes) is 1. The number of nitrogen functional groups attached to an aromatic ring is 1. The van der Waals surface area contributed by atoms with Gasteiger partial charge in [0.2, 0.25) is 0 Å². The maximum absolute atomic E-state index is 13.2. The first-order valence-electron chi connectivity index (χ1n) is 9.57. The Morgan fingerprint density at radius 3 is 2.67 bits per heavy atom. The van der Waals surface area contributed by atoms with E-state index in [0.29, 0.717) is 24.3 Å². The highest BCUT2D eigenvalue weighted by molar-refractivity contribution is 6.05. The van der Waals surface area contributed by atoms with E-state index >= 15 is 0 Å². The van der Waals surface area contributed by atoms with Crippen molar-refractivity contribution in [3.63, 3.8) is 0 Å². The highest BCUT2D eigenvalue weighted by Gasteiger charge is 2.27. The first-order valence-corrected chi connectivity index (χ1v) is 9.57. The van der Waals surface area contributed by atoms with E-state index in [4.69, 9.17) is 14.9 Å². The number of carbonyl (C=O) groups is 1. The zero-order valence-corrected chi connectivity index (χ0v) is 16.9. The van der Waals surface area contributed by atoms with Crippen molar-refractivity contribution in [2.24, 2.45) is 0 Å². The number of nitrogens with two attached hydrogens (primary N) is 1. The van der Waals surface area contributed by atoms with Crippen LogP contribution < -0.4 is 26.6 Å². The van der Waals surface area contributed by atoms with Crippen LogP contribution >= 0.6 is 0 Å². The van der Waals surface area contributed by atoms with Gasteiger partial charge in [0.1, 0.15) is 11.6 Å². The van der Waals surface area contributed by atoms with E-state index in [1.807, 2.05) is 6.92 Å². The third kappa shape index (κ3) is 4.14. The van der Waals surface area contributed by atoms with Gasteiger partial charge in [-0.25, -0.2) is 4.79 Å². The zero-order chi connectivity index (χ0) is 21.7. The van der Waals surface area contributed by atoms with E-state index in [0.717, 1.165) is 6.42 Å². The second-order valence-electron chi connectivity index (χ2n) is 6.68. The van der Waals surface area contributed by atoms with E-state index in [9.17, 15) is 14.4 Å². The summed E-state index contributed by atoms with van der Waals surface area (Å²) in [4.78, 5) is 41.7. The van der Waals surface area contributed by atoms with Crippen molar-refractivity contribution in [1.82, 2.24) is 9.55 Å². The fourth-order valence-electron chi connectivity index (χ4n) is 3.17. The van der Waals surface area contributed by atoms with Crippen LogP contribution in [0.15, 0.2) is 56.7 Å². The molecule has 9 nitrogen and oxygen atoms in total. The van der Waals surface area contributed by atoms with Crippen molar-refractivity contribution in [3.05, 3.63) is 74.8 Å². The number of anilines is 2. The number of hydrogen-bond acceptors (Lipinski definition) is 6. The summed E-state index contributed by atoms with van der Waals surface area (Å²) < 4.78 is 11.9. The third-order valence-electron chi connectivity index (χ3n) is 4.72. The summed E-state index contributed by atoms with van der Waals surface area (Å²) in [5.74, 6) is -0.0603. The molecule has 0 fully saturated rings. The molecule has 0 unspecified atom stereocenters. The molecule has 3 aromatic rings. The summed E-state index contributed by atoms with van der Waals surface area (Å²) in [5.41, 5.74) is 5.41. The van der Waals surface area contributed by atoms with Crippen molar-refractivity contribution in [2.75, 3.05) is 17.7 Å². The number of para-hydroxylation sites is 1. The van der Waals surface area contributed by atoms with Crippen LogP contribution in [0.4, 0.5) is 11.5 Å². The number of nitrogens with zero attached hydrogens (tertiary/aromatic N) is 2. The van der Waals surface area contributed by atoms with Crippen molar-refractivity contribution in [1.29, 1.82) is 0 Å².